The summed E-state index contributed by atoms with van der Waals surface area (Å²) in [5.74, 6) is -0.311. The van der Waals surface area contributed by atoms with Crippen molar-refractivity contribution in [1.29, 1.82) is 0 Å². The average Bonchev–Trinajstić information content (AvgIpc) is 3.35. The number of hydrogen-bond acceptors (Lipinski definition) is 5. The van der Waals surface area contributed by atoms with Crippen molar-refractivity contribution in [2.24, 2.45) is 5.10 Å². The molecule has 1 fully saturated rings. The Balaban J connectivity index is 1.55. The fourth-order valence-corrected chi connectivity index (χ4v) is 3.69. The number of hydrazone groups is 1. The largest absolute Gasteiger partial charge is 0.338 e. The zero-order chi connectivity index (χ0) is 21.3. The number of amides is 3. The van der Waals surface area contributed by atoms with Crippen molar-refractivity contribution in [1.82, 2.24) is 25.2 Å². The van der Waals surface area contributed by atoms with Gasteiger partial charge in [-0.3, -0.25) is 14.8 Å². The fourth-order valence-electron chi connectivity index (χ4n) is 3.69. The zero-order valence-electron chi connectivity index (χ0n) is 16.9. The summed E-state index contributed by atoms with van der Waals surface area (Å²) in [5, 5.41) is 8.70. The van der Waals surface area contributed by atoms with Crippen molar-refractivity contribution >= 4 is 17.6 Å². The lowest BCUT2D eigenvalue weighted by Gasteiger charge is -2.25. The van der Waals surface area contributed by atoms with E-state index < -0.39 is 6.03 Å². The molecule has 4 rings (SSSR count). The standard InChI is InChI=1S/C21H23FN6O2/c1-13-10-24-17(11-23-13)14(2)25-21(30)28-12-18(27-9-3-4-19(27)29)20(26-28)15-5-7-16(22)8-6-15/h5-8,10-11,14,18H,3-4,9,12H2,1-2H3,(H,25,30)/t14-,18-/m1/s1. The number of nitrogens with one attached hydrogen (secondary N) is 1. The number of carbonyl (C=O) groups excluding carboxylic acids is 2. The topological polar surface area (TPSA) is 90.8 Å². The molecule has 2 aliphatic rings. The predicted molar refractivity (Wildman–Crippen MR) is 108 cm³/mol. The van der Waals surface area contributed by atoms with Crippen LogP contribution >= 0.6 is 0 Å². The van der Waals surface area contributed by atoms with Crippen molar-refractivity contribution in [3.05, 3.63) is 59.4 Å². The molecule has 0 saturated carbocycles. The maximum Gasteiger partial charge on any atom is 0.338 e. The maximum absolute atomic E-state index is 13.4. The Morgan fingerprint density at radius 2 is 2.00 bits per heavy atom. The monoisotopic (exact) mass is 410 g/mol. The SMILES string of the molecule is Cc1cnc([C@@H](C)NC(=O)N2C[C@@H](N3CCCC3=O)C(c3ccc(F)cc3)=N2)cn1. The molecule has 2 aromatic rings. The van der Waals surface area contributed by atoms with Crippen molar-refractivity contribution in [2.75, 3.05) is 13.1 Å². The summed E-state index contributed by atoms with van der Waals surface area (Å²) in [6, 6.07) is 4.83. The molecule has 1 aromatic carbocycles. The van der Waals surface area contributed by atoms with Crippen molar-refractivity contribution in [3.63, 3.8) is 0 Å². The average molecular weight is 410 g/mol. The van der Waals surface area contributed by atoms with Crippen LogP contribution < -0.4 is 5.32 Å². The van der Waals surface area contributed by atoms with Gasteiger partial charge in [0, 0.05) is 24.7 Å². The van der Waals surface area contributed by atoms with Crippen molar-refractivity contribution in [3.8, 4) is 0 Å². The molecule has 3 heterocycles. The minimum absolute atomic E-state index is 0.0420. The number of rotatable bonds is 4. The number of benzene rings is 1. The molecule has 30 heavy (non-hydrogen) atoms. The van der Waals surface area contributed by atoms with E-state index >= 15 is 0 Å². The number of urea groups is 1. The first-order valence-corrected chi connectivity index (χ1v) is 9.93. The summed E-state index contributed by atoms with van der Waals surface area (Å²) in [6.45, 7) is 4.53. The van der Waals surface area contributed by atoms with Gasteiger partial charge in [0.25, 0.3) is 0 Å². The van der Waals surface area contributed by atoms with Gasteiger partial charge in [0.1, 0.15) is 5.82 Å². The molecule has 1 N–H and O–H groups in total. The van der Waals surface area contributed by atoms with Gasteiger partial charge in [-0.15, -0.1) is 0 Å². The Labute approximate surface area is 173 Å². The van der Waals surface area contributed by atoms with Crippen LogP contribution in [0.25, 0.3) is 0 Å². The van der Waals surface area contributed by atoms with E-state index in [4.69, 9.17) is 0 Å². The number of aryl methyl sites for hydroxylation is 1. The van der Waals surface area contributed by atoms with Crippen LogP contribution in [-0.2, 0) is 4.79 Å². The van der Waals surface area contributed by atoms with E-state index in [9.17, 15) is 14.0 Å². The molecule has 2 aliphatic heterocycles. The second-order valence-corrected chi connectivity index (χ2v) is 7.53. The van der Waals surface area contributed by atoms with Gasteiger partial charge < -0.3 is 10.2 Å². The highest BCUT2D eigenvalue weighted by molar-refractivity contribution is 6.08. The number of likely N-dealkylation sites (tertiary alicyclic amines) is 1. The van der Waals surface area contributed by atoms with E-state index in [1.807, 2.05) is 13.8 Å². The van der Waals surface area contributed by atoms with Gasteiger partial charge in [-0.2, -0.15) is 5.10 Å². The number of aromatic nitrogens is 2. The van der Waals surface area contributed by atoms with Crippen LogP contribution in [0, 0.1) is 12.7 Å². The summed E-state index contributed by atoms with van der Waals surface area (Å²) in [5.41, 5.74) is 2.71. The van der Waals surface area contributed by atoms with Gasteiger partial charge >= 0.3 is 6.03 Å². The summed E-state index contributed by atoms with van der Waals surface area (Å²) in [4.78, 5) is 35.5. The smallest absolute Gasteiger partial charge is 0.332 e. The van der Waals surface area contributed by atoms with Crippen LogP contribution in [0.3, 0.4) is 0 Å². The van der Waals surface area contributed by atoms with E-state index in [0.717, 1.165) is 12.1 Å². The Kier molecular flexibility index (Phi) is 5.43. The van der Waals surface area contributed by atoms with E-state index in [-0.39, 0.29) is 30.4 Å². The summed E-state index contributed by atoms with van der Waals surface area (Å²) < 4.78 is 13.4. The molecule has 0 spiro atoms. The molecule has 0 bridgehead atoms. The van der Waals surface area contributed by atoms with Gasteiger partial charge in [0.15, 0.2) is 0 Å². The Bertz CT molecular complexity index is 976. The van der Waals surface area contributed by atoms with Gasteiger partial charge in [0.05, 0.1) is 41.9 Å². The first kappa shape index (κ1) is 19.9. The third-order valence-corrected chi connectivity index (χ3v) is 5.34. The van der Waals surface area contributed by atoms with E-state index in [0.29, 0.717) is 29.9 Å². The highest BCUT2D eigenvalue weighted by Crippen LogP contribution is 2.24. The summed E-state index contributed by atoms with van der Waals surface area (Å²) in [7, 11) is 0. The van der Waals surface area contributed by atoms with Gasteiger partial charge in [-0.25, -0.2) is 14.2 Å². The summed E-state index contributed by atoms with van der Waals surface area (Å²) >= 11 is 0. The minimum atomic E-state index is -0.390. The van der Waals surface area contributed by atoms with Crippen molar-refractivity contribution < 1.29 is 14.0 Å². The molecule has 3 amide bonds. The van der Waals surface area contributed by atoms with E-state index in [2.05, 4.69) is 20.4 Å². The van der Waals surface area contributed by atoms with Crippen LogP contribution in [0.5, 0.6) is 0 Å². The normalized spacial score (nSPS) is 19.8. The molecular formula is C21H23FN6O2. The molecule has 0 unspecified atom stereocenters. The van der Waals surface area contributed by atoms with Crippen LogP contribution in [0.15, 0.2) is 41.8 Å². The highest BCUT2D eigenvalue weighted by Gasteiger charge is 2.39. The molecule has 1 saturated heterocycles. The third kappa shape index (κ3) is 4.00. The quantitative estimate of drug-likeness (QED) is 0.838. The first-order valence-electron chi connectivity index (χ1n) is 9.93. The molecule has 9 heteroatoms. The number of carbonyl (C=O) groups is 2. The number of halogens is 1. The third-order valence-electron chi connectivity index (χ3n) is 5.34. The highest BCUT2D eigenvalue weighted by atomic mass is 19.1. The van der Waals surface area contributed by atoms with Gasteiger partial charge in [-0.05, 0) is 32.4 Å². The van der Waals surface area contributed by atoms with Crippen molar-refractivity contribution in [2.45, 2.75) is 38.8 Å². The molecule has 156 valence electrons. The van der Waals surface area contributed by atoms with Gasteiger partial charge in [-0.1, -0.05) is 12.1 Å². The molecule has 1 aromatic heterocycles. The first-order chi connectivity index (χ1) is 14.4. The Morgan fingerprint density at radius 1 is 1.23 bits per heavy atom. The van der Waals surface area contributed by atoms with E-state index in [1.165, 1.54) is 17.1 Å². The van der Waals surface area contributed by atoms with Crippen LogP contribution in [0.4, 0.5) is 9.18 Å². The van der Waals surface area contributed by atoms with Gasteiger partial charge in [0.2, 0.25) is 5.91 Å². The molecule has 8 nitrogen and oxygen atoms in total. The zero-order valence-corrected chi connectivity index (χ0v) is 16.9. The lowest BCUT2D eigenvalue weighted by atomic mass is 10.0. The van der Waals surface area contributed by atoms with Crippen LogP contribution in [-0.4, -0.2) is 56.7 Å². The Morgan fingerprint density at radius 3 is 2.63 bits per heavy atom. The molecule has 0 radical (unpaired) electrons. The van der Waals surface area contributed by atoms with Crippen LogP contribution in [0.2, 0.25) is 0 Å². The molecule has 0 aliphatic carbocycles. The van der Waals surface area contributed by atoms with E-state index in [1.54, 1.807) is 29.4 Å². The number of nitrogens with zero attached hydrogens (tertiary/aromatic N) is 5. The predicted octanol–water partition coefficient (Wildman–Crippen LogP) is 2.41. The lowest BCUT2D eigenvalue weighted by Crippen LogP contribution is -2.46. The maximum atomic E-state index is 13.4. The molecular weight excluding hydrogens is 387 g/mol. The minimum Gasteiger partial charge on any atom is -0.332 e. The lowest BCUT2D eigenvalue weighted by molar-refractivity contribution is -0.128. The summed E-state index contributed by atoms with van der Waals surface area (Å²) in [6.07, 6.45) is 4.54. The second kappa shape index (κ2) is 8.17. The number of hydrogen-bond donors (Lipinski definition) is 1. The molecule has 2 atom stereocenters. The van der Waals surface area contributed by atoms with Crippen LogP contribution in [0.1, 0.15) is 42.8 Å². The second-order valence-electron chi connectivity index (χ2n) is 7.53. The fraction of sp³-hybridized carbons (Fsp3) is 0.381. The Hall–Kier alpha value is -3.36.